The van der Waals surface area contributed by atoms with E-state index in [-0.39, 0.29) is 0 Å². The molecular formula is C17H10ClF3. The molecule has 0 amide bonds. The number of hydrogen-bond donors (Lipinski definition) is 0. The van der Waals surface area contributed by atoms with Gasteiger partial charge in [0.15, 0.2) is 0 Å². The van der Waals surface area contributed by atoms with Crippen LogP contribution in [0.25, 0.3) is 6.08 Å². The first kappa shape index (κ1) is 15.2. The van der Waals surface area contributed by atoms with E-state index < -0.39 is 11.2 Å². The summed E-state index contributed by atoms with van der Waals surface area (Å²) in [6.07, 6.45) is -3.67. The van der Waals surface area contributed by atoms with Gasteiger partial charge in [-0.25, -0.2) is 0 Å². The lowest BCUT2D eigenvalue weighted by atomic mass is 10.1. The summed E-state index contributed by atoms with van der Waals surface area (Å²) in [7, 11) is 0. The predicted octanol–water partition coefficient (Wildman–Crippen LogP) is 5.23. The van der Waals surface area contributed by atoms with Crippen LogP contribution in [0, 0.1) is 11.8 Å². The summed E-state index contributed by atoms with van der Waals surface area (Å²) < 4.78 is 37.4. The van der Waals surface area contributed by atoms with Crippen LogP contribution < -0.4 is 0 Å². The minimum absolute atomic E-state index is 0.336. The van der Waals surface area contributed by atoms with E-state index in [2.05, 4.69) is 11.8 Å². The summed E-state index contributed by atoms with van der Waals surface area (Å²) in [6.45, 7) is 0. The number of halogens is 4. The number of benzene rings is 2. The van der Waals surface area contributed by atoms with Crippen molar-refractivity contribution in [1.82, 2.24) is 0 Å². The molecule has 0 bridgehead atoms. The van der Waals surface area contributed by atoms with E-state index >= 15 is 0 Å². The van der Waals surface area contributed by atoms with Gasteiger partial charge in [-0.2, -0.15) is 13.2 Å². The van der Waals surface area contributed by atoms with Gasteiger partial charge in [-0.1, -0.05) is 59.8 Å². The largest absolute Gasteiger partial charge is 0.426 e. The van der Waals surface area contributed by atoms with Crippen molar-refractivity contribution in [3.05, 3.63) is 76.3 Å². The molecule has 106 valence electrons. The van der Waals surface area contributed by atoms with Crippen molar-refractivity contribution in [2.45, 2.75) is 6.18 Å². The lowest BCUT2D eigenvalue weighted by Crippen LogP contribution is -2.06. The quantitative estimate of drug-likeness (QED) is 0.633. The molecule has 0 unspecified atom stereocenters. The molecule has 0 fully saturated rings. The average Bonchev–Trinajstić information content (AvgIpc) is 2.46. The second-order valence-electron chi connectivity index (χ2n) is 4.19. The zero-order chi connectivity index (χ0) is 15.3. The number of allylic oxidation sites excluding steroid dienone is 1. The van der Waals surface area contributed by atoms with Crippen LogP contribution in [0.1, 0.15) is 16.7 Å². The summed E-state index contributed by atoms with van der Waals surface area (Å²) in [4.78, 5) is 0. The minimum atomic E-state index is -4.55. The van der Waals surface area contributed by atoms with Crippen LogP contribution in [0.2, 0.25) is 0 Å². The van der Waals surface area contributed by atoms with Crippen LogP contribution in [0.15, 0.2) is 59.6 Å². The molecule has 0 aliphatic heterocycles. The van der Waals surface area contributed by atoms with Crippen LogP contribution in [-0.4, -0.2) is 6.18 Å². The van der Waals surface area contributed by atoms with Crippen molar-refractivity contribution < 1.29 is 13.2 Å². The van der Waals surface area contributed by atoms with Crippen molar-refractivity contribution in [3.63, 3.8) is 0 Å². The first-order chi connectivity index (χ1) is 9.97. The Balaban J connectivity index is 2.37. The Hall–Kier alpha value is -2.18. The normalized spacial score (nSPS) is 11.7. The maximum Gasteiger partial charge on any atom is 0.426 e. The first-order valence-corrected chi connectivity index (χ1v) is 6.45. The van der Waals surface area contributed by atoms with Crippen molar-refractivity contribution in [2.75, 3.05) is 0 Å². The summed E-state index contributed by atoms with van der Waals surface area (Å²) in [5, 5.41) is -1.17. The zero-order valence-corrected chi connectivity index (χ0v) is 11.5. The average molecular weight is 307 g/mol. The summed E-state index contributed by atoms with van der Waals surface area (Å²) in [6, 6.07) is 15.8. The van der Waals surface area contributed by atoms with Crippen LogP contribution >= 0.6 is 11.6 Å². The second-order valence-corrected chi connectivity index (χ2v) is 4.60. The standard InChI is InChI=1S/C17H10ClF3/c18-16(17(19,20)21)12-15-9-5-4-8-14(15)11-10-13-6-2-1-3-7-13/h1-9,12H/b16-12-. The van der Waals surface area contributed by atoms with Gasteiger partial charge in [-0.3, -0.25) is 0 Å². The second kappa shape index (κ2) is 6.51. The molecule has 21 heavy (non-hydrogen) atoms. The van der Waals surface area contributed by atoms with E-state index in [1.807, 2.05) is 30.3 Å². The van der Waals surface area contributed by atoms with E-state index in [9.17, 15) is 13.2 Å². The van der Waals surface area contributed by atoms with Gasteiger partial charge in [0.05, 0.1) is 0 Å². The highest BCUT2D eigenvalue weighted by Gasteiger charge is 2.32. The molecule has 0 aliphatic carbocycles. The van der Waals surface area contributed by atoms with Gasteiger partial charge in [0, 0.05) is 11.1 Å². The number of rotatable bonds is 1. The van der Waals surface area contributed by atoms with Gasteiger partial charge in [0.25, 0.3) is 0 Å². The molecule has 0 radical (unpaired) electrons. The van der Waals surface area contributed by atoms with Gasteiger partial charge in [0.1, 0.15) is 5.03 Å². The van der Waals surface area contributed by atoms with Gasteiger partial charge >= 0.3 is 6.18 Å². The fraction of sp³-hybridized carbons (Fsp3) is 0.0588. The Morgan fingerprint density at radius 3 is 2.19 bits per heavy atom. The fourth-order valence-electron chi connectivity index (χ4n) is 1.62. The van der Waals surface area contributed by atoms with Gasteiger partial charge in [-0.15, -0.1) is 0 Å². The number of hydrogen-bond acceptors (Lipinski definition) is 0. The molecule has 0 N–H and O–H groups in total. The van der Waals surface area contributed by atoms with Gasteiger partial charge in [-0.05, 0) is 29.8 Å². The third kappa shape index (κ3) is 4.40. The molecule has 0 heterocycles. The monoisotopic (exact) mass is 306 g/mol. The van der Waals surface area contributed by atoms with E-state index in [0.717, 1.165) is 11.6 Å². The Labute approximate surface area is 125 Å². The molecule has 2 aromatic carbocycles. The van der Waals surface area contributed by atoms with Crippen LogP contribution in [0.5, 0.6) is 0 Å². The molecule has 0 aromatic heterocycles. The Bertz CT molecular complexity index is 704. The molecule has 0 aliphatic rings. The number of alkyl halides is 3. The minimum Gasteiger partial charge on any atom is -0.165 e. The molecule has 0 nitrogen and oxygen atoms in total. The SMILES string of the molecule is FC(F)(F)/C(Cl)=C/c1ccccc1C#Cc1ccccc1. The Morgan fingerprint density at radius 1 is 0.905 bits per heavy atom. The Kier molecular flexibility index (Phi) is 4.72. The smallest absolute Gasteiger partial charge is 0.165 e. The third-order valence-corrected chi connectivity index (χ3v) is 2.95. The maximum absolute atomic E-state index is 12.5. The molecule has 0 atom stereocenters. The molecule has 0 spiro atoms. The predicted molar refractivity (Wildman–Crippen MR) is 78.7 cm³/mol. The summed E-state index contributed by atoms with van der Waals surface area (Å²) in [5.41, 5.74) is 1.62. The molecule has 2 rings (SSSR count). The molecule has 4 heteroatoms. The fourth-order valence-corrected chi connectivity index (χ4v) is 1.73. The topological polar surface area (TPSA) is 0 Å². The van der Waals surface area contributed by atoms with Gasteiger partial charge < -0.3 is 0 Å². The lowest BCUT2D eigenvalue weighted by Gasteiger charge is -2.05. The highest BCUT2D eigenvalue weighted by Crippen LogP contribution is 2.30. The van der Waals surface area contributed by atoms with E-state index in [1.54, 1.807) is 24.3 Å². The summed E-state index contributed by atoms with van der Waals surface area (Å²) in [5.74, 6) is 5.78. The van der Waals surface area contributed by atoms with E-state index in [4.69, 9.17) is 11.6 Å². The zero-order valence-electron chi connectivity index (χ0n) is 10.8. The van der Waals surface area contributed by atoms with Crippen molar-refractivity contribution in [3.8, 4) is 11.8 Å². The molecular weight excluding hydrogens is 297 g/mol. The molecule has 2 aromatic rings. The molecule has 0 saturated heterocycles. The van der Waals surface area contributed by atoms with Crippen LogP contribution in [-0.2, 0) is 0 Å². The van der Waals surface area contributed by atoms with Crippen molar-refractivity contribution >= 4 is 17.7 Å². The Morgan fingerprint density at radius 2 is 1.52 bits per heavy atom. The summed E-state index contributed by atoms with van der Waals surface area (Å²) >= 11 is 5.27. The lowest BCUT2D eigenvalue weighted by molar-refractivity contribution is -0.0836. The van der Waals surface area contributed by atoms with E-state index in [1.165, 1.54) is 0 Å². The van der Waals surface area contributed by atoms with Crippen LogP contribution in [0.3, 0.4) is 0 Å². The van der Waals surface area contributed by atoms with Crippen LogP contribution in [0.4, 0.5) is 13.2 Å². The third-order valence-electron chi connectivity index (χ3n) is 2.63. The highest BCUT2D eigenvalue weighted by atomic mass is 35.5. The van der Waals surface area contributed by atoms with Crippen molar-refractivity contribution in [2.24, 2.45) is 0 Å². The maximum atomic E-state index is 12.5. The van der Waals surface area contributed by atoms with Crippen molar-refractivity contribution in [1.29, 1.82) is 0 Å². The highest BCUT2D eigenvalue weighted by molar-refractivity contribution is 6.32. The first-order valence-electron chi connectivity index (χ1n) is 6.07. The molecule has 0 saturated carbocycles. The van der Waals surface area contributed by atoms with Gasteiger partial charge in [0.2, 0.25) is 0 Å². The van der Waals surface area contributed by atoms with E-state index in [0.29, 0.717) is 11.1 Å².